The maximum atomic E-state index is 13.7. The van der Waals surface area contributed by atoms with Crippen LogP contribution in [0.4, 0.5) is 4.79 Å². The minimum Gasteiger partial charge on any atom is -0.432 e. The molecule has 2 unspecified atom stereocenters. The zero-order chi connectivity index (χ0) is 42.0. The van der Waals surface area contributed by atoms with Crippen LogP contribution < -0.4 is 4.74 Å². The lowest BCUT2D eigenvalue weighted by Gasteiger charge is -2.33. The van der Waals surface area contributed by atoms with Gasteiger partial charge in [-0.2, -0.15) is 0 Å². The van der Waals surface area contributed by atoms with Gasteiger partial charge in [0.1, 0.15) is 31.6 Å². The highest BCUT2D eigenvalue weighted by atomic mass is 17.0. The molecular weight excluding hydrogens is 762 g/mol. The quantitative estimate of drug-likeness (QED) is 0.0284. The molecule has 1 amide bonds. The van der Waals surface area contributed by atoms with Crippen molar-refractivity contribution in [3.05, 3.63) is 104 Å². The Morgan fingerprint density at radius 3 is 2.24 bits per heavy atom. The Kier molecular flexibility index (Phi) is 16.8. The number of hydrogen-bond donors (Lipinski definition) is 0. The summed E-state index contributed by atoms with van der Waals surface area (Å²) in [5.41, 5.74) is 3.42. The van der Waals surface area contributed by atoms with E-state index in [9.17, 15) is 34.6 Å². The molecule has 0 fully saturated rings. The first-order valence-corrected chi connectivity index (χ1v) is 18.4. The number of esters is 1. The maximum Gasteiger partial charge on any atom is 0.510 e. The first-order chi connectivity index (χ1) is 27.9. The number of benzene rings is 3. The number of nitrogens with zero attached hydrogens (tertiary/aromatic N) is 7. The topological polar surface area (TPSA) is 240 Å². The van der Waals surface area contributed by atoms with Gasteiger partial charge in [0.25, 0.3) is 10.2 Å². The van der Waals surface area contributed by atoms with Crippen LogP contribution in [0.15, 0.2) is 72.8 Å². The smallest absolute Gasteiger partial charge is 0.432 e. The minimum atomic E-state index is -1.01. The van der Waals surface area contributed by atoms with Crippen molar-refractivity contribution in [2.24, 2.45) is 5.92 Å². The summed E-state index contributed by atoms with van der Waals surface area (Å²) >= 11 is 0. The Morgan fingerprint density at radius 1 is 0.845 bits per heavy atom. The largest absolute Gasteiger partial charge is 0.510 e. The standard InChI is InChI=1S/C38H45N7O13/c1-5-6-14-34(46)42(35(26(2)3)37(47)58-31-11-9-10-29(23-31)25-56-45(51)52)24-28-15-17-30(18-16-28)32-12-7-8-13-33(32)36-39-41-43(40-36)27(4)57-38(48)54-21-19-53-20-22-55-44(49)50/h7-13,15-18,23,26-27,35H,5-6,14,19-22,24-25H2,1-4H3. The second kappa shape index (κ2) is 22.1. The van der Waals surface area contributed by atoms with Crippen LogP contribution in [0.5, 0.6) is 5.75 Å². The summed E-state index contributed by atoms with van der Waals surface area (Å²) in [6.45, 7) is 6.48. The average Bonchev–Trinajstić information content (AvgIpc) is 3.69. The zero-order valence-electron chi connectivity index (χ0n) is 32.5. The molecule has 20 nitrogen and oxygen atoms in total. The molecular formula is C38H45N7O13. The fraction of sp³-hybridized carbons (Fsp3) is 0.421. The number of aromatic nitrogens is 4. The Labute approximate surface area is 333 Å². The van der Waals surface area contributed by atoms with E-state index in [1.165, 1.54) is 13.0 Å². The van der Waals surface area contributed by atoms with Crippen LogP contribution in [-0.2, 0) is 46.6 Å². The van der Waals surface area contributed by atoms with Gasteiger partial charge in [-0.3, -0.25) is 4.79 Å². The fourth-order valence-electron chi connectivity index (χ4n) is 5.66. The van der Waals surface area contributed by atoms with Crippen molar-refractivity contribution in [1.82, 2.24) is 25.1 Å². The van der Waals surface area contributed by atoms with Gasteiger partial charge < -0.3 is 33.5 Å². The molecule has 1 heterocycles. The van der Waals surface area contributed by atoms with Crippen LogP contribution in [0.3, 0.4) is 0 Å². The van der Waals surface area contributed by atoms with Gasteiger partial charge in [-0.1, -0.05) is 87.9 Å². The second-order valence-corrected chi connectivity index (χ2v) is 13.0. The molecule has 0 saturated heterocycles. The molecule has 0 saturated carbocycles. The van der Waals surface area contributed by atoms with E-state index in [1.807, 2.05) is 69.3 Å². The predicted octanol–water partition coefficient (Wildman–Crippen LogP) is 5.76. The molecule has 58 heavy (non-hydrogen) atoms. The van der Waals surface area contributed by atoms with E-state index >= 15 is 0 Å². The number of unbranched alkanes of at least 4 members (excludes halogenated alkanes) is 1. The van der Waals surface area contributed by atoms with E-state index in [4.69, 9.17) is 18.9 Å². The zero-order valence-corrected chi connectivity index (χ0v) is 32.5. The van der Waals surface area contributed by atoms with Crippen molar-refractivity contribution in [3.63, 3.8) is 0 Å². The molecule has 1 aromatic heterocycles. The SMILES string of the molecule is CCCCC(=O)N(Cc1ccc(-c2ccccc2-c2nnn(C(C)OC(=O)OCCOCCO[N+](=O)[O-])n2)cc1)C(C(=O)Oc1cccc(CO[N+](=O)[O-])c1)C(C)C. The summed E-state index contributed by atoms with van der Waals surface area (Å²) < 4.78 is 21.0. The monoisotopic (exact) mass is 807 g/mol. The molecule has 4 aromatic rings. The average molecular weight is 808 g/mol. The highest BCUT2D eigenvalue weighted by Gasteiger charge is 2.34. The molecule has 0 spiro atoms. The van der Waals surface area contributed by atoms with Crippen LogP contribution >= 0.6 is 0 Å². The Morgan fingerprint density at radius 2 is 1.55 bits per heavy atom. The van der Waals surface area contributed by atoms with Gasteiger partial charge in [-0.15, -0.1) is 35.2 Å². The van der Waals surface area contributed by atoms with Crippen LogP contribution in [0.1, 0.15) is 64.3 Å². The van der Waals surface area contributed by atoms with Crippen LogP contribution in [0.2, 0.25) is 0 Å². The van der Waals surface area contributed by atoms with Crippen molar-refractivity contribution in [2.75, 3.05) is 26.4 Å². The number of amides is 1. The normalized spacial score (nSPS) is 11.9. The summed E-state index contributed by atoms with van der Waals surface area (Å²) in [6.07, 6.45) is -0.322. The Hall–Kier alpha value is -6.70. The summed E-state index contributed by atoms with van der Waals surface area (Å²) in [4.78, 5) is 71.6. The van der Waals surface area contributed by atoms with E-state index in [1.54, 1.807) is 23.1 Å². The molecule has 310 valence electrons. The van der Waals surface area contributed by atoms with Crippen LogP contribution in [-0.4, -0.2) is 85.8 Å². The molecule has 0 aliphatic rings. The van der Waals surface area contributed by atoms with Gasteiger partial charge in [0.2, 0.25) is 18.0 Å². The third kappa shape index (κ3) is 13.5. The number of carbonyl (C=O) groups is 3. The van der Waals surface area contributed by atoms with Gasteiger partial charge >= 0.3 is 12.1 Å². The van der Waals surface area contributed by atoms with Crippen molar-refractivity contribution in [3.8, 4) is 28.3 Å². The molecule has 0 radical (unpaired) electrons. The molecule has 0 N–H and O–H groups in total. The highest BCUT2D eigenvalue weighted by molar-refractivity contribution is 5.86. The lowest BCUT2D eigenvalue weighted by atomic mass is 9.97. The molecule has 20 heteroatoms. The number of tetrazole rings is 1. The van der Waals surface area contributed by atoms with Crippen molar-refractivity contribution in [1.29, 1.82) is 0 Å². The maximum absolute atomic E-state index is 13.7. The van der Waals surface area contributed by atoms with Gasteiger partial charge in [-0.05, 0) is 58.9 Å². The fourth-order valence-corrected chi connectivity index (χ4v) is 5.66. The number of hydrogen-bond acceptors (Lipinski definition) is 16. The Balaban J connectivity index is 1.45. The summed E-state index contributed by atoms with van der Waals surface area (Å²) in [7, 11) is 0. The van der Waals surface area contributed by atoms with E-state index in [0.29, 0.717) is 17.5 Å². The van der Waals surface area contributed by atoms with Crippen LogP contribution in [0, 0.1) is 26.1 Å². The molecule has 3 aromatic carbocycles. The van der Waals surface area contributed by atoms with Crippen molar-refractivity contribution >= 4 is 18.0 Å². The first kappa shape index (κ1) is 44.0. The molecule has 0 bridgehead atoms. The molecule has 4 rings (SSSR count). The second-order valence-electron chi connectivity index (χ2n) is 13.0. The van der Waals surface area contributed by atoms with Gasteiger partial charge in [-0.25, -0.2) is 9.59 Å². The first-order valence-electron chi connectivity index (χ1n) is 18.4. The van der Waals surface area contributed by atoms with Crippen molar-refractivity contribution < 1.29 is 53.2 Å². The molecule has 0 aliphatic heterocycles. The molecule has 0 aliphatic carbocycles. The van der Waals surface area contributed by atoms with Crippen molar-refractivity contribution in [2.45, 2.75) is 72.4 Å². The van der Waals surface area contributed by atoms with E-state index in [-0.39, 0.29) is 69.4 Å². The summed E-state index contributed by atoms with van der Waals surface area (Å²) in [5.74, 6) is -0.730. The lowest BCUT2D eigenvalue weighted by molar-refractivity contribution is -0.763. The van der Waals surface area contributed by atoms with Gasteiger partial charge in [0, 0.05) is 18.5 Å². The summed E-state index contributed by atoms with van der Waals surface area (Å²) in [6, 6.07) is 20.2. The molecule has 2 atom stereocenters. The lowest BCUT2D eigenvalue weighted by Crippen LogP contribution is -2.49. The van der Waals surface area contributed by atoms with E-state index in [0.717, 1.165) is 27.9 Å². The third-order valence-electron chi connectivity index (χ3n) is 8.40. The predicted molar refractivity (Wildman–Crippen MR) is 202 cm³/mol. The van der Waals surface area contributed by atoms with Crippen LogP contribution in [0.25, 0.3) is 22.5 Å². The van der Waals surface area contributed by atoms with E-state index in [2.05, 4.69) is 25.1 Å². The third-order valence-corrected chi connectivity index (χ3v) is 8.40. The number of carbonyl (C=O) groups excluding carboxylic acids is 3. The number of rotatable bonds is 23. The van der Waals surface area contributed by atoms with E-state index < -0.39 is 34.6 Å². The number of ether oxygens (including phenoxy) is 4. The van der Waals surface area contributed by atoms with Gasteiger partial charge in [0.05, 0.1) is 13.2 Å². The summed E-state index contributed by atoms with van der Waals surface area (Å²) in [5, 5.41) is 31.6. The minimum absolute atomic E-state index is 0.0271. The Bertz CT molecular complexity index is 1990. The highest BCUT2D eigenvalue weighted by Crippen LogP contribution is 2.31. The van der Waals surface area contributed by atoms with Gasteiger partial charge in [0.15, 0.2) is 0 Å².